The van der Waals surface area contributed by atoms with Crippen molar-refractivity contribution in [1.82, 2.24) is 10.2 Å². The van der Waals surface area contributed by atoms with Crippen LogP contribution in [0.4, 0.5) is 5.69 Å². The number of hydrogen-bond acceptors (Lipinski definition) is 4. The van der Waals surface area contributed by atoms with Crippen molar-refractivity contribution in [2.75, 3.05) is 44.7 Å². The molecular formula is C18H25N3S. The lowest BCUT2D eigenvalue weighted by Crippen LogP contribution is -2.44. The van der Waals surface area contributed by atoms with Gasteiger partial charge in [-0.3, -0.25) is 0 Å². The third kappa shape index (κ3) is 4.32. The van der Waals surface area contributed by atoms with E-state index in [9.17, 15) is 0 Å². The summed E-state index contributed by atoms with van der Waals surface area (Å²) >= 11 is 1.84. The minimum absolute atomic E-state index is 0.953. The number of piperazine rings is 1. The number of likely N-dealkylation sites (N-methyl/N-ethyl adjacent to an activating group) is 1. The summed E-state index contributed by atoms with van der Waals surface area (Å²) in [5.74, 6) is 0. The Morgan fingerprint density at radius 1 is 1.05 bits per heavy atom. The molecule has 0 bridgehead atoms. The van der Waals surface area contributed by atoms with Gasteiger partial charge in [-0.2, -0.15) is 0 Å². The quantitative estimate of drug-likeness (QED) is 0.827. The molecule has 1 fully saturated rings. The summed E-state index contributed by atoms with van der Waals surface area (Å²) in [6.45, 7) is 6.58. The van der Waals surface area contributed by atoms with Gasteiger partial charge in [0.15, 0.2) is 0 Å². The fourth-order valence-electron chi connectivity index (χ4n) is 2.79. The zero-order valence-electron chi connectivity index (χ0n) is 13.3. The van der Waals surface area contributed by atoms with Crippen LogP contribution in [0.15, 0.2) is 41.8 Å². The molecular weight excluding hydrogens is 290 g/mol. The van der Waals surface area contributed by atoms with E-state index in [1.165, 1.54) is 16.1 Å². The molecule has 1 aliphatic heterocycles. The number of rotatable bonds is 6. The highest BCUT2D eigenvalue weighted by Gasteiger charge is 2.13. The van der Waals surface area contributed by atoms with Gasteiger partial charge in [0.2, 0.25) is 0 Å². The second kappa shape index (κ2) is 7.77. The molecule has 0 unspecified atom stereocenters. The summed E-state index contributed by atoms with van der Waals surface area (Å²) in [6, 6.07) is 13.4. The van der Waals surface area contributed by atoms with Crippen molar-refractivity contribution >= 4 is 17.0 Å². The molecule has 2 heterocycles. The van der Waals surface area contributed by atoms with Crippen LogP contribution in [0.2, 0.25) is 0 Å². The first-order chi connectivity index (χ1) is 10.8. The van der Waals surface area contributed by atoms with Gasteiger partial charge < -0.3 is 15.1 Å². The maximum absolute atomic E-state index is 3.53. The largest absolute Gasteiger partial charge is 0.369 e. The van der Waals surface area contributed by atoms with Crippen LogP contribution in [0.3, 0.4) is 0 Å². The molecule has 4 heteroatoms. The lowest BCUT2D eigenvalue weighted by Gasteiger charge is -2.34. The van der Waals surface area contributed by atoms with Crippen molar-refractivity contribution in [3.63, 3.8) is 0 Å². The molecule has 1 N–H and O–H groups in total. The molecule has 0 radical (unpaired) electrons. The first kappa shape index (κ1) is 15.5. The SMILES string of the molecule is CN1CCN(c2ccc(CNCCc3cccs3)cc2)CC1. The minimum atomic E-state index is 0.953. The summed E-state index contributed by atoms with van der Waals surface area (Å²) in [5.41, 5.74) is 2.72. The molecule has 1 aliphatic rings. The molecule has 0 saturated carbocycles. The summed E-state index contributed by atoms with van der Waals surface area (Å²) in [7, 11) is 2.20. The van der Waals surface area contributed by atoms with Crippen molar-refractivity contribution in [2.45, 2.75) is 13.0 Å². The standard InChI is InChI=1S/C18H25N3S/c1-20-10-12-21(13-11-20)17-6-4-16(5-7-17)15-19-9-8-18-3-2-14-22-18/h2-7,14,19H,8-13,15H2,1H3. The monoisotopic (exact) mass is 315 g/mol. The highest BCUT2D eigenvalue weighted by atomic mass is 32.1. The number of benzene rings is 1. The second-order valence-electron chi connectivity index (χ2n) is 5.96. The molecule has 0 amide bonds. The van der Waals surface area contributed by atoms with Crippen molar-refractivity contribution in [1.29, 1.82) is 0 Å². The minimum Gasteiger partial charge on any atom is -0.369 e. The lowest BCUT2D eigenvalue weighted by atomic mass is 10.1. The molecule has 3 rings (SSSR count). The molecule has 1 aromatic carbocycles. The van der Waals surface area contributed by atoms with Crippen LogP contribution in [0, 0.1) is 0 Å². The lowest BCUT2D eigenvalue weighted by molar-refractivity contribution is 0.313. The molecule has 118 valence electrons. The second-order valence-corrected chi connectivity index (χ2v) is 7.00. The Morgan fingerprint density at radius 2 is 1.82 bits per heavy atom. The summed E-state index contributed by atoms with van der Waals surface area (Å²) in [6.07, 6.45) is 1.12. The molecule has 1 saturated heterocycles. The smallest absolute Gasteiger partial charge is 0.0367 e. The normalized spacial score (nSPS) is 16.1. The summed E-state index contributed by atoms with van der Waals surface area (Å²) in [5, 5.41) is 5.68. The number of hydrogen-bond donors (Lipinski definition) is 1. The zero-order valence-corrected chi connectivity index (χ0v) is 14.1. The van der Waals surface area contributed by atoms with E-state index in [0.717, 1.165) is 45.7 Å². The molecule has 3 nitrogen and oxygen atoms in total. The Balaban J connectivity index is 1.43. The van der Waals surface area contributed by atoms with Crippen LogP contribution in [0.5, 0.6) is 0 Å². The fourth-order valence-corrected chi connectivity index (χ4v) is 3.50. The van der Waals surface area contributed by atoms with Crippen LogP contribution >= 0.6 is 11.3 Å². The molecule has 0 aliphatic carbocycles. The van der Waals surface area contributed by atoms with Crippen LogP contribution < -0.4 is 10.2 Å². The van der Waals surface area contributed by atoms with Gasteiger partial charge in [-0.25, -0.2) is 0 Å². The maximum atomic E-state index is 3.53. The average molecular weight is 315 g/mol. The average Bonchev–Trinajstić information content (AvgIpc) is 3.06. The van der Waals surface area contributed by atoms with E-state index in [1.807, 2.05) is 11.3 Å². The molecule has 0 spiro atoms. The van der Waals surface area contributed by atoms with Gasteiger partial charge in [0.25, 0.3) is 0 Å². The first-order valence-electron chi connectivity index (χ1n) is 8.07. The Hall–Kier alpha value is -1.36. The van der Waals surface area contributed by atoms with Gasteiger partial charge in [0.05, 0.1) is 0 Å². The number of anilines is 1. The van der Waals surface area contributed by atoms with Gasteiger partial charge in [-0.05, 0) is 42.6 Å². The predicted molar refractivity (Wildman–Crippen MR) is 95.9 cm³/mol. The molecule has 2 aromatic rings. The molecule has 0 atom stereocenters. The van der Waals surface area contributed by atoms with Crippen molar-refractivity contribution in [3.05, 3.63) is 52.2 Å². The van der Waals surface area contributed by atoms with E-state index >= 15 is 0 Å². The van der Waals surface area contributed by atoms with Gasteiger partial charge in [-0.1, -0.05) is 18.2 Å². The zero-order chi connectivity index (χ0) is 15.2. The summed E-state index contributed by atoms with van der Waals surface area (Å²) in [4.78, 5) is 6.33. The van der Waals surface area contributed by atoms with E-state index in [0.29, 0.717) is 0 Å². The third-order valence-corrected chi connectivity index (χ3v) is 5.20. The van der Waals surface area contributed by atoms with Crippen molar-refractivity contribution in [2.24, 2.45) is 0 Å². The Kier molecular flexibility index (Phi) is 5.48. The van der Waals surface area contributed by atoms with Crippen LogP contribution in [-0.4, -0.2) is 44.7 Å². The van der Waals surface area contributed by atoms with E-state index in [-0.39, 0.29) is 0 Å². The highest BCUT2D eigenvalue weighted by Crippen LogP contribution is 2.17. The fraction of sp³-hybridized carbons (Fsp3) is 0.444. The Bertz CT molecular complexity index is 542. The maximum Gasteiger partial charge on any atom is 0.0367 e. The number of thiophene rings is 1. The van der Waals surface area contributed by atoms with Gasteiger partial charge in [-0.15, -0.1) is 11.3 Å². The van der Waals surface area contributed by atoms with Crippen LogP contribution in [0.1, 0.15) is 10.4 Å². The van der Waals surface area contributed by atoms with Gasteiger partial charge in [0, 0.05) is 49.8 Å². The van der Waals surface area contributed by atoms with Gasteiger partial charge in [0.1, 0.15) is 0 Å². The Labute approximate surface area is 137 Å². The van der Waals surface area contributed by atoms with Crippen LogP contribution in [0.25, 0.3) is 0 Å². The van der Waals surface area contributed by atoms with E-state index in [2.05, 4.69) is 63.9 Å². The van der Waals surface area contributed by atoms with Crippen LogP contribution in [-0.2, 0) is 13.0 Å². The number of nitrogens with one attached hydrogen (secondary N) is 1. The topological polar surface area (TPSA) is 18.5 Å². The molecule has 22 heavy (non-hydrogen) atoms. The number of nitrogens with zero attached hydrogens (tertiary/aromatic N) is 2. The predicted octanol–water partition coefficient (Wildman–Crippen LogP) is 2.83. The highest BCUT2D eigenvalue weighted by molar-refractivity contribution is 7.09. The third-order valence-electron chi connectivity index (χ3n) is 4.26. The molecule has 1 aromatic heterocycles. The first-order valence-corrected chi connectivity index (χ1v) is 8.95. The Morgan fingerprint density at radius 3 is 2.50 bits per heavy atom. The van der Waals surface area contributed by atoms with E-state index in [1.54, 1.807) is 0 Å². The van der Waals surface area contributed by atoms with Gasteiger partial charge >= 0.3 is 0 Å². The summed E-state index contributed by atoms with van der Waals surface area (Å²) < 4.78 is 0. The van der Waals surface area contributed by atoms with Crippen molar-refractivity contribution < 1.29 is 0 Å². The van der Waals surface area contributed by atoms with E-state index < -0.39 is 0 Å². The van der Waals surface area contributed by atoms with E-state index in [4.69, 9.17) is 0 Å². The van der Waals surface area contributed by atoms with Crippen molar-refractivity contribution in [3.8, 4) is 0 Å².